The van der Waals surface area contributed by atoms with E-state index in [0.717, 1.165) is 12.8 Å². The number of allylic oxidation sites excluding steroid dienone is 1. The van der Waals surface area contributed by atoms with E-state index in [-0.39, 0.29) is 6.16 Å². The molecule has 0 aliphatic carbocycles. The molecule has 4 heteroatoms. The second-order valence-corrected chi connectivity index (χ2v) is 5.32. The van der Waals surface area contributed by atoms with Crippen LogP contribution >= 0.6 is 7.37 Å². The lowest BCUT2D eigenvalue weighted by molar-refractivity contribution is 0.217. The summed E-state index contributed by atoms with van der Waals surface area (Å²) in [5, 5.41) is 9.28. The summed E-state index contributed by atoms with van der Waals surface area (Å²) in [4.78, 5) is 9.24. The molecule has 0 spiro atoms. The molecule has 0 rings (SSSR count). The second-order valence-electron chi connectivity index (χ2n) is 2.85. The molecule has 2 atom stereocenters. The van der Waals surface area contributed by atoms with Gasteiger partial charge in [0.2, 0.25) is 7.37 Å². The average Bonchev–Trinajstić information content (AvgIpc) is 2.00. The Bertz CT molecular complexity index is 179. The van der Waals surface area contributed by atoms with Gasteiger partial charge in [-0.05, 0) is 6.42 Å². The third kappa shape index (κ3) is 4.05. The Morgan fingerprint density at radius 1 is 1.67 bits per heavy atom. The highest BCUT2D eigenvalue weighted by molar-refractivity contribution is 7.58. The molecular formula is C8H17O3P. The van der Waals surface area contributed by atoms with E-state index in [1.165, 1.54) is 6.08 Å². The van der Waals surface area contributed by atoms with Crippen molar-refractivity contribution in [1.29, 1.82) is 0 Å². The van der Waals surface area contributed by atoms with E-state index < -0.39 is 13.2 Å². The van der Waals surface area contributed by atoms with Crippen molar-refractivity contribution in [3.05, 3.63) is 12.7 Å². The van der Waals surface area contributed by atoms with Gasteiger partial charge in [-0.1, -0.05) is 25.8 Å². The van der Waals surface area contributed by atoms with Crippen LogP contribution in [0.3, 0.4) is 0 Å². The normalized spacial score (nSPS) is 18.2. The first-order valence-electron chi connectivity index (χ1n) is 4.15. The van der Waals surface area contributed by atoms with E-state index in [1.54, 1.807) is 0 Å². The standard InChI is InChI=1S/C8H17O3P/c1-3-5-6-8(9)12(10,11)7-4-2/h4,8-9H,2-3,5-7H2,1H3,(H,10,11). The Morgan fingerprint density at radius 2 is 2.25 bits per heavy atom. The van der Waals surface area contributed by atoms with Gasteiger partial charge in [-0.25, -0.2) is 0 Å². The van der Waals surface area contributed by atoms with Gasteiger partial charge in [0, 0.05) is 6.16 Å². The molecule has 0 saturated heterocycles. The van der Waals surface area contributed by atoms with Gasteiger partial charge in [0.15, 0.2) is 0 Å². The summed E-state index contributed by atoms with van der Waals surface area (Å²) in [6.45, 7) is 5.34. The van der Waals surface area contributed by atoms with Gasteiger partial charge in [0.05, 0.1) is 0 Å². The number of unbranched alkanes of at least 4 members (excludes halogenated alkanes) is 1. The minimum Gasteiger partial charge on any atom is -0.383 e. The summed E-state index contributed by atoms with van der Waals surface area (Å²) in [7, 11) is -3.38. The molecule has 2 N–H and O–H groups in total. The maximum absolute atomic E-state index is 11.3. The van der Waals surface area contributed by atoms with Crippen LogP contribution < -0.4 is 0 Å². The first-order valence-corrected chi connectivity index (χ1v) is 6.06. The molecule has 0 fully saturated rings. The molecule has 0 bridgehead atoms. The van der Waals surface area contributed by atoms with E-state index in [4.69, 9.17) is 0 Å². The SMILES string of the molecule is C=CCP(=O)(O)C(O)CCCC. The largest absolute Gasteiger partial charge is 0.383 e. The predicted octanol–water partition coefficient (Wildman–Crippen LogP) is 1.95. The minimum absolute atomic E-state index is 0.00210. The number of hydrogen-bond donors (Lipinski definition) is 2. The third-order valence-electron chi connectivity index (χ3n) is 1.67. The van der Waals surface area contributed by atoms with Crippen molar-refractivity contribution in [2.24, 2.45) is 0 Å². The number of rotatable bonds is 6. The van der Waals surface area contributed by atoms with Crippen molar-refractivity contribution in [1.82, 2.24) is 0 Å². The van der Waals surface area contributed by atoms with Crippen molar-refractivity contribution >= 4 is 7.37 Å². The van der Waals surface area contributed by atoms with Crippen molar-refractivity contribution in [2.75, 3.05) is 6.16 Å². The lowest BCUT2D eigenvalue weighted by Crippen LogP contribution is -2.08. The van der Waals surface area contributed by atoms with E-state index in [1.807, 2.05) is 6.92 Å². The molecule has 0 radical (unpaired) electrons. The monoisotopic (exact) mass is 192 g/mol. The second kappa shape index (κ2) is 5.52. The summed E-state index contributed by atoms with van der Waals surface area (Å²) in [6, 6.07) is 0. The molecule has 0 aromatic carbocycles. The number of aliphatic hydroxyl groups is 1. The zero-order chi connectivity index (χ0) is 9.61. The zero-order valence-electron chi connectivity index (χ0n) is 7.44. The Kier molecular flexibility index (Phi) is 5.47. The highest BCUT2D eigenvalue weighted by Crippen LogP contribution is 2.46. The molecule has 0 aliphatic rings. The van der Waals surface area contributed by atoms with Crippen molar-refractivity contribution in [3.63, 3.8) is 0 Å². The van der Waals surface area contributed by atoms with Gasteiger partial charge in [-0.15, -0.1) is 6.58 Å². The van der Waals surface area contributed by atoms with E-state index in [0.29, 0.717) is 6.42 Å². The summed E-state index contributed by atoms with van der Waals surface area (Å²) in [5.74, 6) is -1.07. The molecule has 72 valence electrons. The predicted molar refractivity (Wildman–Crippen MR) is 50.4 cm³/mol. The zero-order valence-corrected chi connectivity index (χ0v) is 8.33. The molecule has 0 aromatic rings. The van der Waals surface area contributed by atoms with E-state index in [9.17, 15) is 14.6 Å². The summed E-state index contributed by atoms with van der Waals surface area (Å²) in [5.41, 5.74) is 0. The lowest BCUT2D eigenvalue weighted by atomic mass is 10.3. The summed E-state index contributed by atoms with van der Waals surface area (Å²) < 4.78 is 11.3. The summed E-state index contributed by atoms with van der Waals surface area (Å²) in [6.07, 6.45) is 3.47. The maximum atomic E-state index is 11.3. The Morgan fingerprint density at radius 3 is 2.67 bits per heavy atom. The van der Waals surface area contributed by atoms with Crippen molar-refractivity contribution < 1.29 is 14.6 Å². The molecule has 2 unspecified atom stereocenters. The molecular weight excluding hydrogens is 175 g/mol. The van der Waals surface area contributed by atoms with E-state index >= 15 is 0 Å². The fraction of sp³-hybridized carbons (Fsp3) is 0.750. The van der Waals surface area contributed by atoms with Crippen molar-refractivity contribution in [2.45, 2.75) is 32.0 Å². The first-order chi connectivity index (χ1) is 5.54. The Labute approximate surface area is 73.6 Å². The smallest absolute Gasteiger partial charge is 0.231 e. The fourth-order valence-corrected chi connectivity index (χ4v) is 2.09. The van der Waals surface area contributed by atoms with Crippen LogP contribution in [0.4, 0.5) is 0 Å². The molecule has 0 amide bonds. The topological polar surface area (TPSA) is 57.5 Å². The molecule has 3 nitrogen and oxygen atoms in total. The van der Waals surface area contributed by atoms with Gasteiger partial charge >= 0.3 is 0 Å². The fourth-order valence-electron chi connectivity index (χ4n) is 0.895. The molecule has 12 heavy (non-hydrogen) atoms. The Hall–Kier alpha value is -0.110. The number of aliphatic hydroxyl groups excluding tert-OH is 1. The van der Waals surface area contributed by atoms with Gasteiger partial charge in [0.1, 0.15) is 5.85 Å². The van der Waals surface area contributed by atoms with Crippen LogP contribution in [0.15, 0.2) is 12.7 Å². The van der Waals surface area contributed by atoms with Crippen LogP contribution in [-0.2, 0) is 4.57 Å². The quantitative estimate of drug-likeness (QED) is 0.499. The van der Waals surface area contributed by atoms with E-state index in [2.05, 4.69) is 6.58 Å². The van der Waals surface area contributed by atoms with Crippen LogP contribution in [0.5, 0.6) is 0 Å². The van der Waals surface area contributed by atoms with Crippen LogP contribution in [0.1, 0.15) is 26.2 Å². The van der Waals surface area contributed by atoms with Crippen molar-refractivity contribution in [3.8, 4) is 0 Å². The van der Waals surface area contributed by atoms with Crippen LogP contribution in [0.2, 0.25) is 0 Å². The molecule has 0 saturated carbocycles. The van der Waals surface area contributed by atoms with Crippen LogP contribution in [0, 0.1) is 0 Å². The molecule has 0 heterocycles. The van der Waals surface area contributed by atoms with Crippen LogP contribution in [-0.4, -0.2) is 22.0 Å². The average molecular weight is 192 g/mol. The van der Waals surface area contributed by atoms with Crippen LogP contribution in [0.25, 0.3) is 0 Å². The minimum atomic E-state index is -3.38. The van der Waals surface area contributed by atoms with Gasteiger partial charge in [-0.2, -0.15) is 0 Å². The summed E-state index contributed by atoms with van der Waals surface area (Å²) >= 11 is 0. The van der Waals surface area contributed by atoms with Gasteiger partial charge in [0.25, 0.3) is 0 Å². The molecule has 0 aromatic heterocycles. The lowest BCUT2D eigenvalue weighted by Gasteiger charge is -2.15. The number of hydrogen-bond acceptors (Lipinski definition) is 2. The maximum Gasteiger partial charge on any atom is 0.231 e. The third-order valence-corrected chi connectivity index (χ3v) is 3.64. The Balaban J connectivity index is 3.96. The van der Waals surface area contributed by atoms with Gasteiger partial charge in [-0.3, -0.25) is 4.57 Å². The highest BCUT2D eigenvalue weighted by atomic mass is 31.2. The molecule has 0 aliphatic heterocycles. The van der Waals surface area contributed by atoms with Gasteiger partial charge < -0.3 is 10.00 Å². The first kappa shape index (κ1) is 11.9. The highest BCUT2D eigenvalue weighted by Gasteiger charge is 2.26.